The van der Waals surface area contributed by atoms with Gasteiger partial charge in [0, 0.05) is 25.1 Å². The second-order valence-electron chi connectivity index (χ2n) is 9.10. The lowest BCUT2D eigenvalue weighted by Crippen LogP contribution is -2.51. The molecule has 8 heteroatoms. The molecule has 1 atom stereocenters. The molecule has 0 aliphatic rings. The lowest BCUT2D eigenvalue weighted by Gasteiger charge is -2.31. The zero-order valence-electron chi connectivity index (χ0n) is 22.1. The summed E-state index contributed by atoms with van der Waals surface area (Å²) in [5.41, 5.74) is 2.35. The molecule has 0 aliphatic heterocycles. The molecule has 0 aliphatic carbocycles. The van der Waals surface area contributed by atoms with Crippen molar-refractivity contribution in [2.24, 2.45) is 0 Å². The number of nitrogens with zero attached hydrogens (tertiary/aromatic N) is 1. The third-order valence-electron chi connectivity index (χ3n) is 6.37. The van der Waals surface area contributed by atoms with Crippen LogP contribution >= 0.6 is 11.6 Å². The molecule has 0 radical (unpaired) electrons. The molecular formula is C32H30ClFN2O4. The molecule has 0 heterocycles. The predicted molar refractivity (Wildman–Crippen MR) is 153 cm³/mol. The van der Waals surface area contributed by atoms with Gasteiger partial charge in [-0.25, -0.2) is 4.39 Å². The van der Waals surface area contributed by atoms with Crippen LogP contribution in [0.15, 0.2) is 103 Å². The molecule has 4 aromatic rings. The van der Waals surface area contributed by atoms with Crippen LogP contribution in [0.3, 0.4) is 0 Å². The number of hydrogen-bond donors (Lipinski definition) is 1. The summed E-state index contributed by atoms with van der Waals surface area (Å²) in [5, 5.41) is 3.34. The Morgan fingerprint density at radius 2 is 1.50 bits per heavy atom. The first-order valence-electron chi connectivity index (χ1n) is 12.8. The number of rotatable bonds is 12. The van der Waals surface area contributed by atoms with Crippen LogP contribution in [-0.2, 0) is 29.1 Å². The normalized spacial score (nSPS) is 11.4. The maximum Gasteiger partial charge on any atom is 0.261 e. The van der Waals surface area contributed by atoms with Crippen molar-refractivity contribution in [2.45, 2.75) is 25.6 Å². The number of ether oxygens (including phenoxy) is 2. The number of para-hydroxylation sites is 2. The summed E-state index contributed by atoms with van der Waals surface area (Å²) in [6.07, 6.45) is 0.262. The highest BCUT2D eigenvalue weighted by atomic mass is 35.5. The Balaban J connectivity index is 1.63. The largest absolute Gasteiger partial charge is 0.496 e. The van der Waals surface area contributed by atoms with Crippen molar-refractivity contribution in [3.63, 3.8) is 0 Å². The second kappa shape index (κ2) is 14.1. The summed E-state index contributed by atoms with van der Waals surface area (Å²) >= 11 is 6.22. The number of hydrogen-bond acceptors (Lipinski definition) is 4. The van der Waals surface area contributed by atoms with Gasteiger partial charge in [0.05, 0.1) is 12.1 Å². The first-order valence-corrected chi connectivity index (χ1v) is 13.2. The van der Waals surface area contributed by atoms with Crippen molar-refractivity contribution in [2.75, 3.05) is 13.7 Å². The minimum absolute atomic E-state index is 0.0740. The van der Waals surface area contributed by atoms with E-state index in [1.54, 1.807) is 43.5 Å². The number of benzene rings is 4. The van der Waals surface area contributed by atoms with E-state index in [0.29, 0.717) is 22.1 Å². The topological polar surface area (TPSA) is 67.9 Å². The Bertz CT molecular complexity index is 1420. The van der Waals surface area contributed by atoms with Crippen molar-refractivity contribution >= 4 is 23.4 Å². The summed E-state index contributed by atoms with van der Waals surface area (Å²) in [5.74, 6) is -0.145. The number of carbonyl (C=O) groups is 2. The van der Waals surface area contributed by atoms with Gasteiger partial charge in [0.25, 0.3) is 5.91 Å². The van der Waals surface area contributed by atoms with Crippen LogP contribution in [0.25, 0.3) is 0 Å². The SMILES string of the molecule is COc1ccccc1CNC(=O)[C@H](Cc1ccccc1)N(Cc1ccc(F)cc1)C(=O)COc1ccccc1Cl. The summed E-state index contributed by atoms with van der Waals surface area (Å²) in [4.78, 5) is 28.9. The van der Waals surface area contributed by atoms with Crippen LogP contribution < -0.4 is 14.8 Å². The minimum atomic E-state index is -0.885. The van der Waals surface area contributed by atoms with Crippen LogP contribution in [-0.4, -0.2) is 36.5 Å². The highest BCUT2D eigenvalue weighted by Gasteiger charge is 2.31. The molecule has 4 aromatic carbocycles. The first kappa shape index (κ1) is 28.6. The van der Waals surface area contributed by atoms with Crippen molar-refractivity contribution in [3.8, 4) is 11.5 Å². The van der Waals surface area contributed by atoms with Gasteiger partial charge in [0.1, 0.15) is 23.4 Å². The molecule has 40 heavy (non-hydrogen) atoms. The maximum atomic E-state index is 13.8. The summed E-state index contributed by atoms with van der Waals surface area (Å²) in [6, 6.07) is 28.7. The molecule has 4 rings (SSSR count). The number of carbonyl (C=O) groups excluding carboxylic acids is 2. The smallest absolute Gasteiger partial charge is 0.261 e. The van der Waals surface area contributed by atoms with Crippen molar-refractivity contribution < 1.29 is 23.5 Å². The summed E-state index contributed by atoms with van der Waals surface area (Å²) in [7, 11) is 1.57. The molecule has 0 fully saturated rings. The summed E-state index contributed by atoms with van der Waals surface area (Å²) < 4.78 is 24.8. The van der Waals surface area contributed by atoms with Crippen LogP contribution in [0, 0.1) is 5.82 Å². The van der Waals surface area contributed by atoms with E-state index in [2.05, 4.69) is 5.32 Å². The molecule has 0 aromatic heterocycles. The van der Waals surface area contributed by atoms with Gasteiger partial charge in [0.2, 0.25) is 5.91 Å². The van der Waals surface area contributed by atoms with Gasteiger partial charge < -0.3 is 19.7 Å². The Morgan fingerprint density at radius 1 is 0.850 bits per heavy atom. The fourth-order valence-corrected chi connectivity index (χ4v) is 4.46. The van der Waals surface area contributed by atoms with Crippen LogP contribution in [0.5, 0.6) is 11.5 Å². The number of amides is 2. The van der Waals surface area contributed by atoms with E-state index in [-0.39, 0.29) is 37.8 Å². The molecule has 0 unspecified atom stereocenters. The monoisotopic (exact) mass is 560 g/mol. The van der Waals surface area contributed by atoms with Gasteiger partial charge >= 0.3 is 0 Å². The Hall–Kier alpha value is -4.36. The van der Waals surface area contributed by atoms with E-state index >= 15 is 0 Å². The molecule has 206 valence electrons. The zero-order valence-corrected chi connectivity index (χ0v) is 22.8. The van der Waals surface area contributed by atoms with Crippen LogP contribution in [0.1, 0.15) is 16.7 Å². The van der Waals surface area contributed by atoms with Gasteiger partial charge in [-0.2, -0.15) is 0 Å². The van der Waals surface area contributed by atoms with Crippen molar-refractivity contribution in [3.05, 3.63) is 131 Å². The van der Waals surface area contributed by atoms with E-state index in [9.17, 15) is 14.0 Å². The quantitative estimate of drug-likeness (QED) is 0.237. The average Bonchev–Trinajstić information content (AvgIpc) is 2.98. The summed E-state index contributed by atoms with van der Waals surface area (Å²) in [6.45, 7) is -0.0522. The van der Waals surface area contributed by atoms with Gasteiger partial charge in [-0.15, -0.1) is 0 Å². The van der Waals surface area contributed by atoms with Crippen molar-refractivity contribution in [1.82, 2.24) is 10.2 Å². The van der Waals surface area contributed by atoms with E-state index in [1.807, 2.05) is 54.6 Å². The van der Waals surface area contributed by atoms with E-state index < -0.39 is 11.9 Å². The maximum absolute atomic E-state index is 13.8. The molecular weight excluding hydrogens is 531 g/mol. The lowest BCUT2D eigenvalue weighted by atomic mass is 10.0. The van der Waals surface area contributed by atoms with Gasteiger partial charge in [-0.05, 0) is 41.5 Å². The fraction of sp³-hybridized carbons (Fsp3) is 0.188. The molecule has 0 bridgehead atoms. The highest BCUT2D eigenvalue weighted by Crippen LogP contribution is 2.24. The number of methoxy groups -OCH3 is 1. The van der Waals surface area contributed by atoms with Crippen LogP contribution in [0.2, 0.25) is 5.02 Å². The molecule has 2 amide bonds. The van der Waals surface area contributed by atoms with E-state index in [1.165, 1.54) is 17.0 Å². The Labute approximate surface area is 238 Å². The molecule has 6 nitrogen and oxygen atoms in total. The van der Waals surface area contributed by atoms with Crippen molar-refractivity contribution in [1.29, 1.82) is 0 Å². The molecule has 0 saturated carbocycles. The second-order valence-corrected chi connectivity index (χ2v) is 9.51. The Kier molecular flexibility index (Phi) is 10.1. The predicted octanol–water partition coefficient (Wildman–Crippen LogP) is 5.82. The highest BCUT2D eigenvalue weighted by molar-refractivity contribution is 6.32. The fourth-order valence-electron chi connectivity index (χ4n) is 4.27. The lowest BCUT2D eigenvalue weighted by molar-refractivity contribution is -0.142. The van der Waals surface area contributed by atoms with Gasteiger partial charge in [-0.3, -0.25) is 9.59 Å². The molecule has 0 spiro atoms. The standard InChI is InChI=1S/C32H30ClFN2O4/c1-39-29-13-7-5-11-25(29)20-35-32(38)28(19-23-9-3-2-4-10-23)36(21-24-15-17-26(34)18-16-24)31(37)22-40-30-14-8-6-12-27(30)33/h2-18,28H,19-22H2,1H3,(H,35,38)/t28-/m0/s1. The third kappa shape index (κ3) is 7.83. The van der Waals surface area contributed by atoms with E-state index in [4.69, 9.17) is 21.1 Å². The van der Waals surface area contributed by atoms with Crippen LogP contribution in [0.4, 0.5) is 4.39 Å². The number of halogens is 2. The molecule has 1 N–H and O–H groups in total. The third-order valence-corrected chi connectivity index (χ3v) is 6.68. The average molecular weight is 561 g/mol. The zero-order chi connectivity index (χ0) is 28.3. The van der Waals surface area contributed by atoms with Gasteiger partial charge in [-0.1, -0.05) is 84.4 Å². The minimum Gasteiger partial charge on any atom is -0.496 e. The van der Waals surface area contributed by atoms with Gasteiger partial charge in [0.15, 0.2) is 6.61 Å². The van der Waals surface area contributed by atoms with E-state index in [0.717, 1.165) is 11.1 Å². The first-order chi connectivity index (χ1) is 19.4. The Morgan fingerprint density at radius 3 is 2.20 bits per heavy atom. The molecule has 0 saturated heterocycles. The number of nitrogens with one attached hydrogen (secondary N) is 1.